The van der Waals surface area contributed by atoms with E-state index in [0.717, 1.165) is 88.8 Å². The maximum absolute atomic E-state index is 13.7. The molecule has 0 atom stereocenters. The third kappa shape index (κ3) is 28.5. The normalized spacial score (nSPS) is 14.4. The third-order valence-corrected chi connectivity index (χ3v) is 26.0. The largest absolute Gasteiger partial charge is 0.497 e. The number of ether oxygens (including phenoxy) is 6. The van der Waals surface area contributed by atoms with Crippen molar-refractivity contribution in [1.82, 2.24) is 19.1 Å². The highest BCUT2D eigenvalue weighted by atomic mass is 79.9. The van der Waals surface area contributed by atoms with Crippen LogP contribution in [0.2, 0.25) is 0 Å². The van der Waals surface area contributed by atoms with Crippen molar-refractivity contribution in [2.45, 2.75) is 117 Å². The van der Waals surface area contributed by atoms with Gasteiger partial charge in [0.1, 0.15) is 80.9 Å². The van der Waals surface area contributed by atoms with Crippen LogP contribution in [0.15, 0.2) is 285 Å². The molecule has 3 aliphatic rings. The van der Waals surface area contributed by atoms with E-state index in [2.05, 4.69) is 74.4 Å². The van der Waals surface area contributed by atoms with Crippen LogP contribution in [0.3, 0.4) is 0 Å². The average Bonchev–Trinajstić information content (AvgIpc) is 1.60. The molecule has 13 aromatic carbocycles. The van der Waals surface area contributed by atoms with Gasteiger partial charge in [-0.3, -0.25) is 34.2 Å². The van der Waals surface area contributed by atoms with E-state index in [1.165, 1.54) is 104 Å². The van der Waals surface area contributed by atoms with E-state index in [9.17, 15) is 51.4 Å². The Hall–Kier alpha value is -13.3. The predicted octanol–water partition coefficient (Wildman–Crippen LogP) is 26.6. The van der Waals surface area contributed by atoms with Crippen LogP contribution in [0.25, 0.3) is 56.2 Å². The Bertz CT molecular complexity index is 6950. The summed E-state index contributed by atoms with van der Waals surface area (Å²) in [6.45, 7) is 24.3. The average molecular weight is 2250 g/mol. The number of nitrogens with two attached hydrogens (primary N) is 2. The molecule has 0 saturated carbocycles. The van der Waals surface area contributed by atoms with Gasteiger partial charge in [-0.2, -0.15) is 4.39 Å². The molecule has 2 aromatic heterocycles. The zero-order chi connectivity index (χ0) is 106. The van der Waals surface area contributed by atoms with Gasteiger partial charge in [-0.25, -0.2) is 31.9 Å². The number of nitro benzene ring substituents is 2. The monoisotopic (exact) mass is 2240 g/mol. The molecule has 0 spiro atoms. The van der Waals surface area contributed by atoms with Crippen molar-refractivity contribution in [2.24, 2.45) is 0 Å². The number of anilines is 6. The number of carbonyl (C=O) groups excluding carboxylic acids is 1. The fourth-order valence-corrected chi connectivity index (χ4v) is 15.5. The molecule has 0 aliphatic carbocycles. The summed E-state index contributed by atoms with van der Waals surface area (Å²) in [5.74, 6) is 2.95. The summed E-state index contributed by atoms with van der Waals surface area (Å²) in [5.41, 5.74) is 19.9. The summed E-state index contributed by atoms with van der Waals surface area (Å²) in [5, 5.41) is 27.0. The summed E-state index contributed by atoms with van der Waals surface area (Å²) >= 11 is 13.0. The summed E-state index contributed by atoms with van der Waals surface area (Å²) in [6, 6.07) is 72.0. The number of nitrogen functional groups attached to an aromatic ring is 2. The fourth-order valence-electron chi connectivity index (χ4n) is 14.1. The van der Waals surface area contributed by atoms with Crippen LogP contribution >= 0.6 is 63.7 Å². The highest BCUT2D eigenvalue weighted by Crippen LogP contribution is 2.46. The van der Waals surface area contributed by atoms with Crippen LogP contribution in [-0.4, -0.2) is 133 Å². The Morgan fingerprint density at radius 2 is 0.710 bits per heavy atom. The summed E-state index contributed by atoms with van der Waals surface area (Å²) < 4.78 is 152. The van der Waals surface area contributed by atoms with Gasteiger partial charge in [0.15, 0.2) is 6.29 Å². The number of aromatic nitrogens is 4. The van der Waals surface area contributed by atoms with Crippen LogP contribution in [-0.2, 0) is 27.9 Å². The Kier molecular flexibility index (Phi) is 37.6. The number of hydrogen-bond acceptors (Lipinski definition) is 23. The molecule has 3 aliphatic heterocycles. The van der Waals surface area contributed by atoms with Crippen LogP contribution in [0.1, 0.15) is 93.4 Å². The van der Waals surface area contributed by atoms with Gasteiger partial charge in [0.25, 0.3) is 5.69 Å². The number of nitrogens with zero attached hydrogens (tertiary/aromatic N) is 6. The molecule has 6 N–H and O–H groups in total. The van der Waals surface area contributed by atoms with Gasteiger partial charge in [-0.1, -0.05) is 69.8 Å². The smallest absolute Gasteiger partial charge is 0.494 e. The van der Waals surface area contributed by atoms with E-state index in [0.29, 0.717) is 83.4 Å². The van der Waals surface area contributed by atoms with Gasteiger partial charge in [-0.05, 0) is 319 Å². The number of imidazole rings is 2. The first-order valence-corrected chi connectivity index (χ1v) is 47.8. The quantitative estimate of drug-likeness (QED) is 0.0146. The summed E-state index contributed by atoms with van der Waals surface area (Å²) in [4.78, 5) is 40.1. The first-order chi connectivity index (χ1) is 68.5. The SMILES string of the molecule is CC1(C)OB(B2OC(C)(C)C(C)(C)O2)OC1(C)C.COc1ccc(-c2nc3cc(B4OC(C)(C)C(C)(C)O4)ccc3n2-c2ccc(F)cc2)c(OC)c1.COc1ccc(-c2nc3cc(Br)ccc3n2-c2ccc(F)cc2)c(OC)c1.COc1ccc(C=O)c(OC)c1.Nc1cc(Br)ccc1Nc1ccc(F)cc1.Nc1ccc(F)cc1.O=[N+]([O-])c1cc(Br)ccc1F.O=[N+]([O-])c1cc(Br)ccc1Nc1ccc(F)cc1. The molecule has 27 nitrogen and oxygen atoms in total. The second-order valence-electron chi connectivity index (χ2n) is 35.4. The molecule has 5 heterocycles. The molecule has 18 rings (SSSR count). The van der Waals surface area contributed by atoms with E-state index in [4.69, 9.17) is 77.8 Å². The van der Waals surface area contributed by atoms with Crippen molar-refractivity contribution in [2.75, 3.05) is 64.8 Å². The number of benzene rings is 13. The minimum atomic E-state index is -0.821. The number of hydrogen-bond donors (Lipinski definition) is 4. The van der Waals surface area contributed by atoms with Crippen molar-refractivity contribution in [1.29, 1.82) is 0 Å². The topological polar surface area (TPSA) is 326 Å². The molecule has 3 fully saturated rings. The lowest BCUT2D eigenvalue weighted by Gasteiger charge is -2.32. The molecule has 0 bridgehead atoms. The fraction of sp³-hybridized carbons (Fsp3) is 0.229. The Morgan fingerprint density at radius 3 is 1.10 bits per heavy atom. The molecule has 40 heteroatoms. The highest BCUT2D eigenvalue weighted by molar-refractivity contribution is 9.11. The lowest BCUT2D eigenvalue weighted by molar-refractivity contribution is -0.387. The van der Waals surface area contributed by atoms with E-state index < -0.39 is 53.7 Å². The lowest BCUT2D eigenvalue weighted by Crippen LogP contribution is -2.41. The van der Waals surface area contributed by atoms with Gasteiger partial charge in [0, 0.05) is 76.7 Å². The van der Waals surface area contributed by atoms with Crippen molar-refractivity contribution >= 4 is 164 Å². The molecule has 0 radical (unpaired) electrons. The molecule has 3 saturated heterocycles. The number of carbonyl (C=O) groups is 1. The van der Waals surface area contributed by atoms with E-state index in [1.807, 2.05) is 183 Å². The number of nitrogens with one attached hydrogen (secondary N) is 2. The Labute approximate surface area is 870 Å². The first-order valence-electron chi connectivity index (χ1n) is 44.6. The number of fused-ring (bicyclic) bond motifs is 2. The molecule has 0 unspecified atom stereocenters. The van der Waals surface area contributed by atoms with E-state index >= 15 is 0 Å². The number of nitro groups is 2. The van der Waals surface area contributed by atoms with Crippen molar-refractivity contribution in [3.8, 4) is 68.6 Å². The number of rotatable bonds is 19. The standard InChI is InChI=1S/C27H28BFN2O4.C21H16BrFN2O2.C12H24B2O4.C12H8BrFN2O2.C12H10BrFN2.C9H10O3.C6H3BrFNO2.C6H6FN/c1-26(2)27(3,4)35-28(34-26)17-7-14-23-22(15-17)30-25(31(23)19-10-8-18(29)9-11-19)21-13-12-20(32-5)16-24(21)33-6;1-26-16-8-9-17(20(12-16)27-2)21-24-18-11-13(22)3-10-19(18)25(21)15-6-4-14(23)5-7-15;1-9(2)10(3,4)16-13(15-9)14-17-11(5,6)12(7,8)18-14;13-8-1-6-11(12(7-8)16(17)18)15-10-4-2-9(14)3-5-10;13-8-1-6-12(11(15)7-8)16-10-4-2-9(14)3-5-10;1-11-8-4-3-7(6-10)9(5-8)12-2;7-4-1-2-5(8)6(3-4)9(10)11;7-5-1-3-6(8)4-2-5/h7-16H,1-6H3;3-12H,1-2H3;1-8H3;1-7,15H;1-7,16H,15H2;3-6H,1-2H3;1-3H;1-4H,8H2. The third-order valence-electron chi connectivity index (χ3n) is 24.0. The number of aldehydes is 1. The number of halogens is 10. The first kappa shape index (κ1) is 112. The van der Waals surface area contributed by atoms with Crippen molar-refractivity contribution < 1.29 is 97.3 Å². The van der Waals surface area contributed by atoms with Gasteiger partial charge >= 0.3 is 26.8 Å². The second-order valence-corrected chi connectivity index (χ2v) is 39.1. The van der Waals surface area contributed by atoms with Crippen LogP contribution in [0.4, 0.5) is 71.8 Å². The molecule has 756 valence electrons. The van der Waals surface area contributed by atoms with Gasteiger partial charge < -0.3 is 78.4 Å². The van der Waals surface area contributed by atoms with Crippen LogP contribution in [0.5, 0.6) is 34.5 Å². The van der Waals surface area contributed by atoms with E-state index in [-0.39, 0.29) is 57.2 Å². The predicted molar refractivity (Wildman–Crippen MR) is 570 cm³/mol. The minimum absolute atomic E-state index is 0.0475. The van der Waals surface area contributed by atoms with Crippen molar-refractivity contribution in [3.63, 3.8) is 0 Å². The minimum Gasteiger partial charge on any atom is -0.497 e. The van der Waals surface area contributed by atoms with Gasteiger partial charge in [0.05, 0.1) is 136 Å². The maximum atomic E-state index is 13.7. The molecular formula is C105H105B3Br4F6N10O17. The van der Waals surface area contributed by atoms with Gasteiger partial charge in [0.2, 0.25) is 5.82 Å². The van der Waals surface area contributed by atoms with Crippen LogP contribution in [0, 0.1) is 55.1 Å². The molecular weight excluding hydrogens is 2140 g/mol. The second kappa shape index (κ2) is 48.6. The summed E-state index contributed by atoms with van der Waals surface area (Å²) in [6.07, 6.45) is 0.748. The summed E-state index contributed by atoms with van der Waals surface area (Å²) in [7, 11) is 8.07. The van der Waals surface area contributed by atoms with Crippen molar-refractivity contribution in [3.05, 3.63) is 346 Å². The molecule has 15 aromatic rings. The lowest BCUT2D eigenvalue weighted by atomic mass is 9.49. The zero-order valence-electron chi connectivity index (χ0n) is 82.3. The maximum Gasteiger partial charge on any atom is 0.494 e. The van der Waals surface area contributed by atoms with Crippen LogP contribution < -0.4 is 56.0 Å². The zero-order valence-corrected chi connectivity index (χ0v) is 88.6. The molecule has 0 amide bonds. The number of methoxy groups -OCH3 is 6. The van der Waals surface area contributed by atoms with Gasteiger partial charge in [-0.15, -0.1) is 0 Å². The Balaban J connectivity index is 0.000000164. The molecule has 145 heavy (non-hydrogen) atoms. The Morgan fingerprint density at radius 1 is 0.372 bits per heavy atom. The highest BCUT2D eigenvalue weighted by Gasteiger charge is 2.64. The van der Waals surface area contributed by atoms with E-state index in [1.54, 1.807) is 102 Å².